The smallest absolute Gasteiger partial charge is 0.243 e. The average Bonchev–Trinajstić information content (AvgIpc) is 2.47. The summed E-state index contributed by atoms with van der Waals surface area (Å²) in [4.78, 5) is 0.257. The lowest BCUT2D eigenvalue weighted by atomic mass is 10.00. The Morgan fingerprint density at radius 1 is 1.37 bits per heavy atom. The topological polar surface area (TPSA) is 83.6 Å². The fraction of sp³-hybridized carbons (Fsp3) is 0.538. The molecule has 1 saturated heterocycles. The van der Waals surface area contributed by atoms with Gasteiger partial charge < -0.3 is 10.8 Å². The highest BCUT2D eigenvalue weighted by molar-refractivity contribution is 7.89. The molecule has 0 aromatic heterocycles. The van der Waals surface area contributed by atoms with Crippen LogP contribution in [0.5, 0.6) is 0 Å². The molecule has 1 aliphatic rings. The number of nitrogens with zero attached hydrogens (tertiary/aromatic N) is 1. The van der Waals surface area contributed by atoms with Crippen molar-refractivity contribution in [1.29, 1.82) is 0 Å². The summed E-state index contributed by atoms with van der Waals surface area (Å²) < 4.78 is 26.3. The van der Waals surface area contributed by atoms with Gasteiger partial charge in [-0.3, -0.25) is 0 Å². The Bertz CT molecular complexity index is 505. The van der Waals surface area contributed by atoms with E-state index in [4.69, 9.17) is 10.8 Å². The van der Waals surface area contributed by atoms with Gasteiger partial charge in [0.2, 0.25) is 10.0 Å². The van der Waals surface area contributed by atoms with Crippen LogP contribution in [0.25, 0.3) is 0 Å². The predicted octanol–water partition coefficient (Wildman–Crippen LogP) is 0.338. The van der Waals surface area contributed by atoms with Crippen LogP contribution in [0.1, 0.15) is 18.4 Å². The number of hydrogen-bond acceptors (Lipinski definition) is 4. The normalized spacial score (nSPS) is 18.6. The third-order valence-electron chi connectivity index (χ3n) is 3.54. The van der Waals surface area contributed by atoms with Crippen LogP contribution in [0, 0.1) is 12.0 Å². The van der Waals surface area contributed by atoms with E-state index in [9.17, 15) is 8.42 Å². The Balaban J connectivity index is 2.13. The molecule has 1 aliphatic heterocycles. The average molecular weight is 283 g/mol. The molecule has 1 fully saturated rings. The molecule has 0 amide bonds. The zero-order valence-corrected chi connectivity index (χ0v) is 11.6. The number of aliphatic hydroxyl groups is 1. The van der Waals surface area contributed by atoms with Crippen LogP contribution in [0.2, 0.25) is 0 Å². The van der Waals surface area contributed by atoms with Gasteiger partial charge in [-0.1, -0.05) is 6.07 Å². The largest absolute Gasteiger partial charge is 0.396 e. The van der Waals surface area contributed by atoms with Crippen molar-refractivity contribution in [2.24, 2.45) is 11.7 Å². The van der Waals surface area contributed by atoms with Crippen LogP contribution < -0.4 is 5.73 Å². The lowest BCUT2D eigenvalue weighted by Gasteiger charge is -2.30. The minimum atomic E-state index is -3.44. The predicted molar refractivity (Wildman–Crippen MR) is 71.7 cm³/mol. The number of sulfonamides is 1. The number of nitrogens with two attached hydrogens (primary N) is 1. The van der Waals surface area contributed by atoms with Crippen LogP contribution in [0.3, 0.4) is 0 Å². The van der Waals surface area contributed by atoms with Crippen molar-refractivity contribution < 1.29 is 13.5 Å². The Hall–Kier alpha value is -0.950. The van der Waals surface area contributed by atoms with Gasteiger partial charge in [0.15, 0.2) is 0 Å². The molecule has 0 bridgehead atoms. The first kappa shape index (κ1) is 14.5. The fourth-order valence-corrected chi connectivity index (χ4v) is 3.65. The minimum Gasteiger partial charge on any atom is -0.396 e. The minimum absolute atomic E-state index is 0.132. The summed E-state index contributed by atoms with van der Waals surface area (Å²) in [6, 6.07) is 7.63. The molecular formula is C13H19N2O3S. The Morgan fingerprint density at radius 2 is 2.05 bits per heavy atom. The summed E-state index contributed by atoms with van der Waals surface area (Å²) >= 11 is 0. The van der Waals surface area contributed by atoms with E-state index in [0.29, 0.717) is 32.5 Å². The molecule has 0 aliphatic carbocycles. The Labute approximate surface area is 114 Å². The molecule has 1 heterocycles. The Morgan fingerprint density at radius 3 is 2.53 bits per heavy atom. The van der Waals surface area contributed by atoms with Crippen LogP contribution >= 0.6 is 0 Å². The van der Waals surface area contributed by atoms with Gasteiger partial charge in [0.25, 0.3) is 0 Å². The second kappa shape index (κ2) is 6.00. The maximum Gasteiger partial charge on any atom is 0.243 e. The van der Waals surface area contributed by atoms with Crippen LogP contribution in [-0.4, -0.2) is 37.5 Å². The van der Waals surface area contributed by atoms with Crippen molar-refractivity contribution in [3.05, 3.63) is 29.8 Å². The highest BCUT2D eigenvalue weighted by Gasteiger charge is 2.28. The standard InChI is InChI=1S/C13H19N2O3S/c14-9-11-1-3-13(4-2-11)19(17,18)15-7-5-12(10-16)6-8-15/h1,3-4,12,16H,5-10,14H2. The van der Waals surface area contributed by atoms with Crippen molar-refractivity contribution in [3.63, 3.8) is 0 Å². The number of piperidine rings is 1. The van der Waals surface area contributed by atoms with E-state index in [0.717, 1.165) is 5.56 Å². The molecule has 5 nitrogen and oxygen atoms in total. The summed E-state index contributed by atoms with van der Waals surface area (Å²) in [5, 5.41) is 9.07. The zero-order chi connectivity index (χ0) is 13.9. The first-order chi connectivity index (χ1) is 9.07. The maximum absolute atomic E-state index is 12.4. The van der Waals surface area contributed by atoms with Gasteiger partial charge >= 0.3 is 0 Å². The lowest BCUT2D eigenvalue weighted by molar-refractivity contribution is 0.170. The second-order valence-corrected chi connectivity index (χ2v) is 6.72. The zero-order valence-electron chi connectivity index (χ0n) is 10.7. The van der Waals surface area contributed by atoms with Gasteiger partial charge in [-0.2, -0.15) is 4.31 Å². The molecule has 2 rings (SSSR count). The van der Waals surface area contributed by atoms with Crippen molar-refractivity contribution in [2.45, 2.75) is 24.3 Å². The summed E-state index contributed by atoms with van der Waals surface area (Å²) in [7, 11) is -3.44. The first-order valence-corrected chi connectivity index (χ1v) is 7.83. The number of benzene rings is 1. The second-order valence-electron chi connectivity index (χ2n) is 4.78. The van der Waals surface area contributed by atoms with Crippen LogP contribution in [0.15, 0.2) is 23.1 Å². The van der Waals surface area contributed by atoms with E-state index in [2.05, 4.69) is 6.07 Å². The van der Waals surface area contributed by atoms with E-state index in [1.54, 1.807) is 12.1 Å². The summed E-state index contributed by atoms with van der Waals surface area (Å²) in [6.45, 7) is 1.41. The van der Waals surface area contributed by atoms with Gasteiger partial charge in [-0.05, 0) is 42.5 Å². The van der Waals surface area contributed by atoms with E-state index >= 15 is 0 Å². The maximum atomic E-state index is 12.4. The lowest BCUT2D eigenvalue weighted by Crippen LogP contribution is -2.39. The first-order valence-electron chi connectivity index (χ1n) is 6.39. The van der Waals surface area contributed by atoms with Crippen molar-refractivity contribution in [1.82, 2.24) is 4.31 Å². The summed E-state index contributed by atoms with van der Waals surface area (Å²) in [5.41, 5.74) is 6.26. The van der Waals surface area contributed by atoms with Gasteiger partial charge in [0.05, 0.1) is 4.90 Å². The molecule has 1 radical (unpaired) electrons. The molecule has 105 valence electrons. The third-order valence-corrected chi connectivity index (χ3v) is 5.43. The van der Waals surface area contributed by atoms with Gasteiger partial charge in [0.1, 0.15) is 0 Å². The van der Waals surface area contributed by atoms with E-state index in [1.807, 2.05) is 0 Å². The van der Waals surface area contributed by atoms with E-state index in [-0.39, 0.29) is 17.4 Å². The quantitative estimate of drug-likeness (QED) is 0.834. The van der Waals surface area contributed by atoms with Gasteiger partial charge in [-0.25, -0.2) is 8.42 Å². The molecular weight excluding hydrogens is 264 g/mol. The van der Waals surface area contributed by atoms with Crippen molar-refractivity contribution >= 4 is 10.0 Å². The summed E-state index contributed by atoms with van der Waals surface area (Å²) in [6.07, 6.45) is 1.42. The molecule has 3 N–H and O–H groups in total. The van der Waals surface area contributed by atoms with E-state index < -0.39 is 10.0 Å². The highest BCUT2D eigenvalue weighted by Crippen LogP contribution is 2.23. The SMILES string of the molecule is NCc1[c]cc(S(=O)(=O)N2CCC(CO)CC2)cc1. The van der Waals surface area contributed by atoms with Crippen molar-refractivity contribution in [3.8, 4) is 0 Å². The molecule has 1 aromatic carbocycles. The van der Waals surface area contributed by atoms with Crippen LogP contribution in [0.4, 0.5) is 0 Å². The molecule has 1 aromatic rings. The fourth-order valence-electron chi connectivity index (χ4n) is 2.21. The molecule has 19 heavy (non-hydrogen) atoms. The monoisotopic (exact) mass is 283 g/mol. The molecule has 0 spiro atoms. The third kappa shape index (κ3) is 3.14. The molecule has 6 heteroatoms. The van der Waals surface area contributed by atoms with Gasteiger partial charge in [-0.15, -0.1) is 0 Å². The number of rotatable bonds is 4. The van der Waals surface area contributed by atoms with Crippen LogP contribution in [-0.2, 0) is 16.6 Å². The molecule has 0 saturated carbocycles. The molecule has 0 atom stereocenters. The highest BCUT2D eigenvalue weighted by atomic mass is 32.2. The number of aliphatic hydroxyl groups excluding tert-OH is 1. The van der Waals surface area contributed by atoms with Crippen molar-refractivity contribution in [2.75, 3.05) is 19.7 Å². The molecule has 0 unspecified atom stereocenters. The Kier molecular flexibility index (Phi) is 4.57. The van der Waals surface area contributed by atoms with Gasteiger partial charge in [0, 0.05) is 26.2 Å². The van der Waals surface area contributed by atoms with E-state index in [1.165, 1.54) is 10.4 Å². The number of hydrogen-bond donors (Lipinski definition) is 2. The summed E-state index contributed by atoms with van der Waals surface area (Å²) in [5.74, 6) is 0.220.